The third kappa shape index (κ3) is 2.53. The van der Waals surface area contributed by atoms with Crippen LogP contribution in [0.2, 0.25) is 0 Å². The van der Waals surface area contributed by atoms with Gasteiger partial charge in [0.2, 0.25) is 0 Å². The van der Waals surface area contributed by atoms with E-state index in [2.05, 4.69) is 106 Å². The molecule has 1 aliphatic heterocycles. The number of rotatable bonds is 2. The Morgan fingerprint density at radius 3 is 2.23 bits per heavy atom. The number of halogens is 1. The molecule has 0 saturated heterocycles. The molecule has 0 N–H and O–H groups in total. The summed E-state index contributed by atoms with van der Waals surface area (Å²) in [7, 11) is 0. The summed E-state index contributed by atoms with van der Waals surface area (Å²) in [6.07, 6.45) is 3.42. The van der Waals surface area contributed by atoms with Crippen molar-refractivity contribution in [3.63, 3.8) is 0 Å². The fourth-order valence-electron chi connectivity index (χ4n) is 3.98. The molecule has 1 nitrogen and oxygen atoms in total. The summed E-state index contributed by atoms with van der Waals surface area (Å²) in [5.74, 6) is 0. The normalized spacial score (nSPS) is 12.5. The second kappa shape index (κ2) is 6.30. The molecule has 4 aromatic rings. The van der Waals surface area contributed by atoms with E-state index >= 15 is 0 Å². The summed E-state index contributed by atoms with van der Waals surface area (Å²) in [5.41, 5.74) is 9.31. The molecular weight excluding hydrogens is 382 g/mol. The van der Waals surface area contributed by atoms with Gasteiger partial charge in [0, 0.05) is 33.9 Å². The fraction of sp³-hybridized carbons (Fsp3) is 0.0833. The fourth-order valence-corrected chi connectivity index (χ4v) is 4.24. The first kappa shape index (κ1) is 15.7. The maximum atomic E-state index is 3.55. The van der Waals surface area contributed by atoms with Crippen molar-refractivity contribution in [2.75, 3.05) is 0 Å². The van der Waals surface area contributed by atoms with Crippen molar-refractivity contribution in [3.05, 3.63) is 95.1 Å². The molecule has 2 heteroatoms. The van der Waals surface area contributed by atoms with E-state index < -0.39 is 0 Å². The number of nitrogens with zero attached hydrogens (tertiary/aromatic N) is 1. The zero-order valence-corrected chi connectivity index (χ0v) is 15.9. The highest BCUT2D eigenvalue weighted by Crippen LogP contribution is 2.44. The molecule has 0 amide bonds. The maximum absolute atomic E-state index is 3.55. The topological polar surface area (TPSA) is 4.93 Å². The molecule has 126 valence electrons. The van der Waals surface area contributed by atoms with Gasteiger partial charge in [-0.15, -0.1) is 0 Å². The molecule has 3 aromatic carbocycles. The average Bonchev–Trinajstić information content (AvgIpc) is 3.09. The lowest BCUT2D eigenvalue weighted by atomic mass is 9.91. The van der Waals surface area contributed by atoms with Gasteiger partial charge in [0.1, 0.15) is 0 Å². The lowest BCUT2D eigenvalue weighted by Crippen LogP contribution is -2.09. The second-order valence-electron chi connectivity index (χ2n) is 6.74. The zero-order chi connectivity index (χ0) is 17.5. The van der Waals surface area contributed by atoms with Crippen molar-refractivity contribution in [1.29, 1.82) is 0 Å². The molecule has 0 unspecified atom stereocenters. The van der Waals surface area contributed by atoms with Gasteiger partial charge in [0.25, 0.3) is 0 Å². The minimum absolute atomic E-state index is 1.03. The number of aryl methyl sites for hydroxylation is 2. The van der Waals surface area contributed by atoms with E-state index in [1.165, 1.54) is 39.1 Å². The van der Waals surface area contributed by atoms with Crippen molar-refractivity contribution in [2.45, 2.75) is 13.0 Å². The van der Waals surface area contributed by atoms with Gasteiger partial charge in [-0.05, 0) is 35.2 Å². The first-order chi connectivity index (χ1) is 12.8. The Morgan fingerprint density at radius 1 is 0.692 bits per heavy atom. The van der Waals surface area contributed by atoms with Crippen LogP contribution < -0.4 is 0 Å². The molecule has 0 radical (unpaired) electrons. The standard InChI is InChI=1S/C24H18BrN/c25-20-12-10-18(11-13-20)22-16-26-15-14-17-6-4-5-9-21(17)24(26)23(22)19-7-2-1-3-8-19/h1-13,16H,14-15H2. The van der Waals surface area contributed by atoms with Gasteiger partial charge in [0.05, 0.1) is 5.69 Å². The van der Waals surface area contributed by atoms with Crippen molar-refractivity contribution in [2.24, 2.45) is 0 Å². The Hall–Kier alpha value is -2.58. The largest absolute Gasteiger partial charge is 0.346 e. The minimum atomic E-state index is 1.03. The Balaban J connectivity index is 1.83. The van der Waals surface area contributed by atoms with E-state index in [-0.39, 0.29) is 0 Å². The predicted molar refractivity (Wildman–Crippen MR) is 112 cm³/mol. The van der Waals surface area contributed by atoms with Crippen LogP contribution in [0.15, 0.2) is 89.5 Å². The number of hydrogen-bond donors (Lipinski definition) is 0. The number of aromatic nitrogens is 1. The molecule has 0 saturated carbocycles. The number of benzene rings is 3. The molecule has 1 aliphatic rings. The summed E-state index contributed by atoms with van der Waals surface area (Å²) in [5, 5.41) is 0. The van der Waals surface area contributed by atoms with E-state index in [9.17, 15) is 0 Å². The quantitative estimate of drug-likeness (QED) is 0.348. The molecule has 1 aromatic heterocycles. The van der Waals surface area contributed by atoms with Crippen LogP contribution in [-0.2, 0) is 13.0 Å². The van der Waals surface area contributed by atoms with Gasteiger partial charge in [-0.2, -0.15) is 0 Å². The van der Waals surface area contributed by atoms with Crippen molar-refractivity contribution < 1.29 is 0 Å². The monoisotopic (exact) mass is 399 g/mol. The van der Waals surface area contributed by atoms with Gasteiger partial charge >= 0.3 is 0 Å². The third-order valence-electron chi connectivity index (χ3n) is 5.19. The Morgan fingerprint density at radius 2 is 1.42 bits per heavy atom. The third-order valence-corrected chi connectivity index (χ3v) is 5.72. The zero-order valence-electron chi connectivity index (χ0n) is 14.3. The molecule has 0 atom stereocenters. The molecule has 2 heterocycles. The highest BCUT2D eigenvalue weighted by molar-refractivity contribution is 9.10. The number of fused-ring (bicyclic) bond motifs is 3. The van der Waals surface area contributed by atoms with Crippen molar-refractivity contribution in [3.8, 4) is 33.5 Å². The van der Waals surface area contributed by atoms with E-state index in [4.69, 9.17) is 0 Å². The van der Waals surface area contributed by atoms with Crippen LogP contribution in [0.3, 0.4) is 0 Å². The van der Waals surface area contributed by atoms with Crippen molar-refractivity contribution >= 4 is 15.9 Å². The van der Waals surface area contributed by atoms with Crippen molar-refractivity contribution in [1.82, 2.24) is 4.57 Å². The Labute approximate surface area is 162 Å². The summed E-state index contributed by atoms with van der Waals surface area (Å²) < 4.78 is 3.54. The van der Waals surface area contributed by atoms with Gasteiger partial charge in [-0.25, -0.2) is 0 Å². The van der Waals surface area contributed by atoms with E-state index in [0.717, 1.165) is 17.4 Å². The van der Waals surface area contributed by atoms with Crippen LogP contribution in [0.25, 0.3) is 33.5 Å². The highest BCUT2D eigenvalue weighted by atomic mass is 79.9. The summed E-state index contributed by atoms with van der Waals surface area (Å²) in [6, 6.07) is 28.2. The number of hydrogen-bond acceptors (Lipinski definition) is 0. The van der Waals surface area contributed by atoms with Crippen LogP contribution in [0, 0.1) is 0 Å². The summed E-state index contributed by atoms with van der Waals surface area (Å²) in [6.45, 7) is 1.03. The Kier molecular flexibility index (Phi) is 3.79. The highest BCUT2D eigenvalue weighted by Gasteiger charge is 2.24. The van der Waals surface area contributed by atoms with Crippen LogP contribution in [-0.4, -0.2) is 4.57 Å². The van der Waals surface area contributed by atoms with E-state index in [1.807, 2.05) is 0 Å². The minimum Gasteiger partial charge on any atom is -0.346 e. The van der Waals surface area contributed by atoms with Gasteiger partial charge < -0.3 is 4.57 Å². The van der Waals surface area contributed by atoms with Gasteiger partial charge in [-0.1, -0.05) is 82.7 Å². The molecule has 5 rings (SSSR count). The predicted octanol–water partition coefficient (Wildman–Crippen LogP) is 6.81. The van der Waals surface area contributed by atoms with Gasteiger partial charge in [0.15, 0.2) is 0 Å². The van der Waals surface area contributed by atoms with E-state index in [0.29, 0.717) is 0 Å². The maximum Gasteiger partial charge on any atom is 0.0569 e. The molecule has 0 spiro atoms. The van der Waals surface area contributed by atoms with Crippen LogP contribution in [0.1, 0.15) is 5.56 Å². The van der Waals surface area contributed by atoms with E-state index in [1.54, 1.807) is 0 Å². The first-order valence-corrected chi connectivity index (χ1v) is 9.73. The van der Waals surface area contributed by atoms with Crippen LogP contribution in [0.5, 0.6) is 0 Å². The van der Waals surface area contributed by atoms with Crippen LogP contribution in [0.4, 0.5) is 0 Å². The summed E-state index contributed by atoms with van der Waals surface area (Å²) >= 11 is 3.55. The lowest BCUT2D eigenvalue weighted by Gasteiger charge is -2.21. The van der Waals surface area contributed by atoms with Gasteiger partial charge in [-0.3, -0.25) is 0 Å². The molecule has 26 heavy (non-hydrogen) atoms. The smallest absolute Gasteiger partial charge is 0.0569 e. The summed E-state index contributed by atoms with van der Waals surface area (Å²) in [4.78, 5) is 0. The molecule has 0 fully saturated rings. The lowest BCUT2D eigenvalue weighted by molar-refractivity contribution is 0.690. The Bertz CT molecular complexity index is 1080. The first-order valence-electron chi connectivity index (χ1n) is 8.94. The average molecular weight is 400 g/mol. The van der Waals surface area contributed by atoms with Crippen LogP contribution >= 0.6 is 15.9 Å². The molecular formula is C24H18BrN. The SMILES string of the molecule is Brc1ccc(-c2cn3c(c2-c2ccccc2)-c2ccccc2CC3)cc1. The molecule has 0 aliphatic carbocycles. The molecule has 0 bridgehead atoms. The second-order valence-corrected chi connectivity index (χ2v) is 7.66.